The first-order valence-corrected chi connectivity index (χ1v) is 7.13. The van der Waals surface area contributed by atoms with E-state index in [2.05, 4.69) is 41.2 Å². The van der Waals surface area contributed by atoms with E-state index in [1.165, 1.54) is 11.1 Å². The van der Waals surface area contributed by atoms with Crippen molar-refractivity contribution in [1.82, 2.24) is 5.32 Å². The molecular weight excluding hydrogens is 254 g/mol. The molecule has 0 aromatic heterocycles. The topological polar surface area (TPSA) is 58.6 Å². The number of hydrogen-bond donors (Lipinski definition) is 2. The molecule has 2 N–H and O–H groups in total. The molecule has 20 heavy (non-hydrogen) atoms. The lowest BCUT2D eigenvalue weighted by atomic mass is 9.86. The lowest BCUT2D eigenvalue weighted by molar-refractivity contribution is -0.128. The maximum Gasteiger partial charge on any atom is 0.293 e. The number of aliphatic hydroxyl groups is 1. The van der Waals surface area contributed by atoms with Gasteiger partial charge in [-0.2, -0.15) is 0 Å². The second-order valence-corrected chi connectivity index (χ2v) is 5.19. The summed E-state index contributed by atoms with van der Waals surface area (Å²) in [6.45, 7) is 6.62. The van der Waals surface area contributed by atoms with Crippen LogP contribution in [0.2, 0.25) is 0 Å². The lowest BCUT2D eigenvalue weighted by Crippen LogP contribution is -2.43. The summed E-state index contributed by atoms with van der Waals surface area (Å²) in [5.74, 6) is 0. The van der Waals surface area contributed by atoms with E-state index < -0.39 is 5.60 Å². The fourth-order valence-electron chi connectivity index (χ4n) is 2.22. The molecule has 1 aliphatic heterocycles. The van der Waals surface area contributed by atoms with E-state index in [0.29, 0.717) is 13.1 Å². The molecule has 1 saturated heterocycles. The van der Waals surface area contributed by atoms with Gasteiger partial charge in [0.2, 0.25) is 0 Å². The molecule has 112 valence electrons. The molecule has 1 heterocycles. The van der Waals surface area contributed by atoms with Crippen LogP contribution in [0.25, 0.3) is 0 Å². The van der Waals surface area contributed by atoms with Gasteiger partial charge in [-0.05, 0) is 45.3 Å². The van der Waals surface area contributed by atoms with Crippen LogP contribution in [-0.4, -0.2) is 36.9 Å². The van der Waals surface area contributed by atoms with E-state index in [0.717, 1.165) is 32.4 Å². The van der Waals surface area contributed by atoms with Crippen molar-refractivity contribution in [3.63, 3.8) is 0 Å². The molecule has 0 bridgehead atoms. The summed E-state index contributed by atoms with van der Waals surface area (Å²) in [6.07, 6.45) is 2.51. The Hall–Kier alpha value is -1.39. The molecule has 1 aromatic rings. The molecule has 4 nitrogen and oxygen atoms in total. The number of piperidine rings is 1. The highest BCUT2D eigenvalue weighted by molar-refractivity contribution is 5.36. The van der Waals surface area contributed by atoms with Gasteiger partial charge < -0.3 is 15.2 Å². The predicted molar refractivity (Wildman–Crippen MR) is 79.6 cm³/mol. The van der Waals surface area contributed by atoms with E-state index in [1.807, 2.05) is 0 Å². The summed E-state index contributed by atoms with van der Waals surface area (Å²) in [7, 11) is 0. The third kappa shape index (κ3) is 6.17. The molecule has 1 aliphatic rings. The minimum absolute atomic E-state index is 0.431. The quantitative estimate of drug-likeness (QED) is 0.826. The molecule has 0 amide bonds. The van der Waals surface area contributed by atoms with Gasteiger partial charge in [-0.15, -0.1) is 0 Å². The zero-order valence-corrected chi connectivity index (χ0v) is 12.4. The monoisotopic (exact) mass is 279 g/mol. The summed E-state index contributed by atoms with van der Waals surface area (Å²) in [5.41, 5.74) is 2.03. The van der Waals surface area contributed by atoms with Crippen molar-refractivity contribution in [3.8, 4) is 0 Å². The molecule has 2 rings (SSSR count). The van der Waals surface area contributed by atoms with Crippen molar-refractivity contribution in [2.45, 2.75) is 38.7 Å². The van der Waals surface area contributed by atoms with Gasteiger partial charge in [0.25, 0.3) is 6.47 Å². The number of carbonyl (C=O) groups excluding carboxylic acids is 1. The molecule has 1 fully saturated rings. The number of aryl methyl sites for hydroxylation is 1. The molecule has 0 unspecified atom stereocenters. The Morgan fingerprint density at radius 2 is 1.90 bits per heavy atom. The first-order chi connectivity index (χ1) is 9.59. The van der Waals surface area contributed by atoms with Gasteiger partial charge in [0.1, 0.15) is 0 Å². The number of nitrogens with one attached hydrogen (secondary N) is 1. The van der Waals surface area contributed by atoms with E-state index in [-0.39, 0.29) is 0 Å². The number of rotatable bonds is 4. The lowest BCUT2D eigenvalue weighted by Gasteiger charge is -2.32. The minimum atomic E-state index is -0.486. The Kier molecular flexibility index (Phi) is 7.26. The predicted octanol–water partition coefficient (Wildman–Crippen LogP) is 1.83. The number of carbonyl (C=O) groups is 1. The van der Waals surface area contributed by atoms with Gasteiger partial charge in [-0.3, -0.25) is 4.79 Å². The van der Waals surface area contributed by atoms with Crippen LogP contribution in [0.5, 0.6) is 0 Å². The SMILES string of the molecule is CCOC=O.Cc1ccc(CC2(O)CCNCC2)cc1. The van der Waals surface area contributed by atoms with Crippen LogP contribution >= 0.6 is 0 Å². The van der Waals surface area contributed by atoms with Gasteiger partial charge in [-0.25, -0.2) is 0 Å². The van der Waals surface area contributed by atoms with Crippen LogP contribution in [-0.2, 0) is 16.0 Å². The Balaban J connectivity index is 0.000000347. The van der Waals surface area contributed by atoms with Gasteiger partial charge in [0.15, 0.2) is 0 Å². The Morgan fingerprint density at radius 1 is 1.30 bits per heavy atom. The van der Waals surface area contributed by atoms with Crippen LogP contribution in [0, 0.1) is 6.92 Å². The zero-order valence-electron chi connectivity index (χ0n) is 12.4. The maximum absolute atomic E-state index is 10.4. The second kappa shape index (κ2) is 8.72. The summed E-state index contributed by atoms with van der Waals surface area (Å²) < 4.78 is 4.15. The summed E-state index contributed by atoms with van der Waals surface area (Å²) in [6, 6.07) is 8.46. The Labute approximate surface area is 121 Å². The van der Waals surface area contributed by atoms with Gasteiger partial charge in [0.05, 0.1) is 12.2 Å². The molecule has 0 aliphatic carbocycles. The minimum Gasteiger partial charge on any atom is -0.468 e. The zero-order chi connectivity index (χ0) is 14.8. The normalized spacial score (nSPS) is 16.8. The maximum atomic E-state index is 10.4. The standard InChI is InChI=1S/C13H19NO.C3H6O2/c1-11-2-4-12(5-3-11)10-13(15)6-8-14-9-7-13;1-2-5-3-4/h2-5,14-15H,6-10H2,1H3;3H,2H2,1H3. The fraction of sp³-hybridized carbons (Fsp3) is 0.562. The van der Waals surface area contributed by atoms with E-state index in [1.54, 1.807) is 6.92 Å². The highest BCUT2D eigenvalue weighted by Gasteiger charge is 2.28. The average molecular weight is 279 g/mol. The van der Waals surface area contributed by atoms with E-state index in [9.17, 15) is 9.90 Å². The van der Waals surface area contributed by atoms with Crippen molar-refractivity contribution in [3.05, 3.63) is 35.4 Å². The van der Waals surface area contributed by atoms with Crippen molar-refractivity contribution >= 4 is 6.47 Å². The molecule has 0 atom stereocenters. The third-order valence-electron chi connectivity index (χ3n) is 3.42. The van der Waals surface area contributed by atoms with Crippen LogP contribution in [0.3, 0.4) is 0 Å². The summed E-state index contributed by atoms with van der Waals surface area (Å²) >= 11 is 0. The Morgan fingerprint density at radius 3 is 2.35 bits per heavy atom. The van der Waals surface area contributed by atoms with Gasteiger partial charge in [0, 0.05) is 6.42 Å². The number of benzene rings is 1. The third-order valence-corrected chi connectivity index (χ3v) is 3.42. The molecular formula is C16H25NO3. The Bertz CT molecular complexity index is 383. The average Bonchev–Trinajstić information content (AvgIpc) is 2.44. The van der Waals surface area contributed by atoms with E-state index in [4.69, 9.17) is 0 Å². The van der Waals surface area contributed by atoms with Gasteiger partial charge in [-0.1, -0.05) is 29.8 Å². The first kappa shape index (κ1) is 16.7. The van der Waals surface area contributed by atoms with E-state index >= 15 is 0 Å². The number of ether oxygens (including phenoxy) is 1. The van der Waals surface area contributed by atoms with Crippen molar-refractivity contribution in [2.75, 3.05) is 19.7 Å². The van der Waals surface area contributed by atoms with Gasteiger partial charge >= 0.3 is 0 Å². The smallest absolute Gasteiger partial charge is 0.293 e. The fourth-order valence-corrected chi connectivity index (χ4v) is 2.22. The summed E-state index contributed by atoms with van der Waals surface area (Å²) in [4.78, 5) is 9.18. The highest BCUT2D eigenvalue weighted by atomic mass is 16.5. The highest BCUT2D eigenvalue weighted by Crippen LogP contribution is 2.23. The first-order valence-electron chi connectivity index (χ1n) is 7.13. The van der Waals surface area contributed by atoms with Crippen LogP contribution in [0.4, 0.5) is 0 Å². The van der Waals surface area contributed by atoms with Crippen LogP contribution < -0.4 is 5.32 Å². The molecule has 1 aromatic carbocycles. The molecule has 0 radical (unpaired) electrons. The van der Waals surface area contributed by atoms with Crippen LogP contribution in [0.15, 0.2) is 24.3 Å². The van der Waals surface area contributed by atoms with Crippen molar-refractivity contribution in [1.29, 1.82) is 0 Å². The molecule has 0 saturated carbocycles. The molecule has 4 heteroatoms. The largest absolute Gasteiger partial charge is 0.468 e. The van der Waals surface area contributed by atoms with Crippen molar-refractivity contribution in [2.24, 2.45) is 0 Å². The molecule has 0 spiro atoms. The number of hydrogen-bond acceptors (Lipinski definition) is 4. The van der Waals surface area contributed by atoms with Crippen LogP contribution in [0.1, 0.15) is 30.9 Å². The second-order valence-electron chi connectivity index (χ2n) is 5.19. The van der Waals surface area contributed by atoms with Crippen molar-refractivity contribution < 1.29 is 14.6 Å². The summed E-state index contributed by atoms with van der Waals surface area (Å²) in [5, 5.41) is 13.6.